The van der Waals surface area contributed by atoms with Crippen LogP contribution in [0.25, 0.3) is 0 Å². The number of piperidine rings is 1. The number of hydrogen-bond acceptors (Lipinski definition) is 10. The molecule has 1 aromatic rings. The maximum atomic E-state index is 13.5. The van der Waals surface area contributed by atoms with E-state index in [9.17, 15) is 27.2 Å². The van der Waals surface area contributed by atoms with Crippen LogP contribution in [0.2, 0.25) is 0 Å². The second-order valence-corrected chi connectivity index (χ2v) is 10.1. The van der Waals surface area contributed by atoms with E-state index in [1.165, 1.54) is 0 Å². The van der Waals surface area contributed by atoms with Crippen LogP contribution >= 0.6 is 0 Å². The van der Waals surface area contributed by atoms with Crippen LogP contribution in [0.3, 0.4) is 0 Å². The minimum absolute atomic E-state index is 0.0185. The third-order valence-electron chi connectivity index (χ3n) is 6.57. The van der Waals surface area contributed by atoms with Gasteiger partial charge in [-0.1, -0.05) is 6.92 Å². The van der Waals surface area contributed by atoms with E-state index in [-0.39, 0.29) is 31.8 Å². The van der Waals surface area contributed by atoms with Gasteiger partial charge < -0.3 is 42.8 Å². The van der Waals surface area contributed by atoms with Crippen LogP contribution in [0.1, 0.15) is 32.6 Å². The van der Waals surface area contributed by atoms with Crippen molar-refractivity contribution < 1.29 is 65.0 Å². The molecule has 0 bridgehead atoms. The molecule has 0 saturated carbocycles. The van der Waals surface area contributed by atoms with Gasteiger partial charge in [-0.2, -0.15) is 8.78 Å². The van der Waals surface area contributed by atoms with Crippen LogP contribution in [0, 0.1) is 29.2 Å². The largest absolute Gasteiger partial charge is 0.420 e. The predicted molar refractivity (Wildman–Crippen MR) is 152 cm³/mol. The van der Waals surface area contributed by atoms with E-state index in [1.54, 1.807) is 0 Å². The van der Waals surface area contributed by atoms with Crippen molar-refractivity contribution >= 4 is 11.9 Å². The second kappa shape index (κ2) is 23.9. The lowest BCUT2D eigenvalue weighted by Crippen LogP contribution is -2.38. The summed E-state index contributed by atoms with van der Waals surface area (Å²) in [5, 5.41) is 0. The van der Waals surface area contributed by atoms with Crippen molar-refractivity contribution in [3.63, 3.8) is 0 Å². The Kier molecular flexibility index (Phi) is 20.6. The highest BCUT2D eigenvalue weighted by Gasteiger charge is 2.23. The quantitative estimate of drug-likeness (QED) is 0.0512. The fourth-order valence-electron chi connectivity index (χ4n) is 3.96. The topological polar surface area (TPSA) is 111 Å². The molecule has 2 rings (SSSR count). The smallest absolute Gasteiger partial charge is 0.313 e. The molecule has 1 heterocycles. The Morgan fingerprint density at radius 2 is 0.978 bits per heavy atom. The molecule has 0 aromatic heterocycles. The average Bonchev–Trinajstić information content (AvgIpc) is 3.02. The van der Waals surface area contributed by atoms with Crippen LogP contribution in [-0.4, -0.2) is 122 Å². The summed E-state index contributed by atoms with van der Waals surface area (Å²) in [5.74, 6) is -8.62. The fourth-order valence-corrected chi connectivity index (χ4v) is 3.96. The lowest BCUT2D eigenvalue weighted by molar-refractivity contribution is -0.136. The molecule has 1 saturated heterocycles. The lowest BCUT2D eigenvalue weighted by Gasteiger charge is -2.30. The molecule has 15 heteroatoms. The third kappa shape index (κ3) is 17.2. The van der Waals surface area contributed by atoms with Crippen molar-refractivity contribution in [1.29, 1.82) is 0 Å². The summed E-state index contributed by atoms with van der Waals surface area (Å²) in [6.07, 6.45) is 2.16. The highest BCUT2D eigenvalue weighted by atomic mass is 19.2. The third-order valence-corrected chi connectivity index (χ3v) is 6.57. The van der Waals surface area contributed by atoms with Crippen molar-refractivity contribution in [3.8, 4) is 5.75 Å². The van der Waals surface area contributed by atoms with Crippen molar-refractivity contribution in [2.45, 2.75) is 32.6 Å². The molecule has 0 aliphatic carbocycles. The second-order valence-electron chi connectivity index (χ2n) is 10.1. The van der Waals surface area contributed by atoms with Crippen LogP contribution in [0.15, 0.2) is 6.07 Å². The van der Waals surface area contributed by atoms with Crippen molar-refractivity contribution in [2.24, 2.45) is 5.92 Å². The Morgan fingerprint density at radius 3 is 1.38 bits per heavy atom. The molecule has 0 radical (unpaired) electrons. The summed E-state index contributed by atoms with van der Waals surface area (Å²) in [5.41, 5.74) is 0. The number of nitrogens with zero attached hydrogens (tertiary/aromatic N) is 1. The molecule has 45 heavy (non-hydrogen) atoms. The van der Waals surface area contributed by atoms with Gasteiger partial charge in [-0.3, -0.25) is 9.59 Å². The standard InChI is InChI=1S/C30H45F4NO10/c1-23-2-6-35(7-3-23)26(36)4-8-38-10-12-40-14-16-42-18-20-44-21-19-43-17-15-41-13-11-39-9-5-27(37)45-30-28(33)24(31)22-25(32)29(30)34/h22-23H,2-21H2,1H3. The van der Waals surface area contributed by atoms with Gasteiger partial charge in [-0.25, -0.2) is 8.78 Å². The SMILES string of the molecule is CC1CCN(C(=O)CCOCCOCCOCCOCCOCCOCCOCCC(=O)Oc2c(F)c(F)cc(F)c2F)CC1. The summed E-state index contributed by atoms with van der Waals surface area (Å²) >= 11 is 0. The van der Waals surface area contributed by atoms with Crippen LogP contribution in [0.4, 0.5) is 17.6 Å². The summed E-state index contributed by atoms with van der Waals surface area (Å²) in [4.78, 5) is 25.7. The van der Waals surface area contributed by atoms with Crippen LogP contribution in [-0.2, 0) is 42.7 Å². The van der Waals surface area contributed by atoms with Gasteiger partial charge in [0, 0.05) is 19.2 Å². The number of benzene rings is 1. The van der Waals surface area contributed by atoms with Gasteiger partial charge in [-0.15, -0.1) is 0 Å². The Balaban J connectivity index is 1.26. The molecule has 11 nitrogen and oxygen atoms in total. The van der Waals surface area contributed by atoms with E-state index in [2.05, 4.69) is 11.7 Å². The van der Waals surface area contributed by atoms with E-state index in [4.69, 9.17) is 33.2 Å². The maximum Gasteiger partial charge on any atom is 0.313 e. The number of carbonyl (C=O) groups is 2. The molecule has 0 spiro atoms. The molecule has 0 unspecified atom stereocenters. The minimum atomic E-state index is -1.79. The monoisotopic (exact) mass is 655 g/mol. The first-order valence-electron chi connectivity index (χ1n) is 15.1. The van der Waals surface area contributed by atoms with E-state index in [0.717, 1.165) is 25.9 Å². The number of halogens is 4. The first-order valence-corrected chi connectivity index (χ1v) is 15.1. The normalized spacial score (nSPS) is 13.8. The van der Waals surface area contributed by atoms with Gasteiger partial charge in [0.15, 0.2) is 11.6 Å². The summed E-state index contributed by atoms with van der Waals surface area (Å²) in [6.45, 7) is 8.52. The average molecular weight is 656 g/mol. The van der Waals surface area contributed by atoms with Crippen molar-refractivity contribution in [3.05, 3.63) is 29.3 Å². The van der Waals surface area contributed by atoms with Gasteiger partial charge in [0.2, 0.25) is 23.3 Å². The first kappa shape index (κ1) is 38.8. The number of hydrogen-bond donors (Lipinski definition) is 0. The lowest BCUT2D eigenvalue weighted by atomic mass is 9.99. The first-order chi connectivity index (χ1) is 21.8. The number of rotatable bonds is 25. The van der Waals surface area contributed by atoms with Gasteiger partial charge in [-0.05, 0) is 18.8 Å². The zero-order valence-electron chi connectivity index (χ0n) is 25.8. The van der Waals surface area contributed by atoms with Crippen LogP contribution in [0.5, 0.6) is 5.75 Å². The summed E-state index contributed by atoms with van der Waals surface area (Å²) in [7, 11) is 0. The fraction of sp³-hybridized carbons (Fsp3) is 0.733. The molecule has 1 amide bonds. The molecular weight excluding hydrogens is 610 g/mol. The van der Waals surface area contributed by atoms with Crippen molar-refractivity contribution in [1.82, 2.24) is 4.90 Å². The Hall–Kier alpha value is -2.40. The molecule has 1 aliphatic rings. The minimum Gasteiger partial charge on any atom is -0.420 e. The number of carbonyl (C=O) groups excluding carboxylic acids is 2. The van der Waals surface area contributed by atoms with Gasteiger partial charge in [0.05, 0.1) is 105 Å². The number of esters is 1. The molecule has 0 N–H and O–H groups in total. The molecule has 0 atom stereocenters. The van der Waals surface area contributed by atoms with Crippen LogP contribution < -0.4 is 4.74 Å². The number of likely N-dealkylation sites (tertiary alicyclic amines) is 1. The number of ether oxygens (including phenoxy) is 8. The maximum absolute atomic E-state index is 13.5. The summed E-state index contributed by atoms with van der Waals surface area (Å²) in [6, 6.07) is 0.0185. The zero-order chi connectivity index (χ0) is 32.7. The summed E-state index contributed by atoms with van der Waals surface area (Å²) < 4.78 is 95.2. The Morgan fingerprint density at radius 1 is 0.622 bits per heavy atom. The van der Waals surface area contributed by atoms with E-state index >= 15 is 0 Å². The van der Waals surface area contributed by atoms with Gasteiger partial charge >= 0.3 is 5.97 Å². The van der Waals surface area contributed by atoms with E-state index in [1.807, 2.05) is 4.90 Å². The van der Waals surface area contributed by atoms with E-state index < -0.39 is 41.4 Å². The molecule has 1 fully saturated rings. The number of amides is 1. The highest BCUT2D eigenvalue weighted by molar-refractivity contribution is 5.76. The molecule has 258 valence electrons. The van der Waals surface area contributed by atoms with Gasteiger partial charge in [0.25, 0.3) is 0 Å². The predicted octanol–water partition coefficient (Wildman–Crippen LogP) is 3.30. The molecular formula is C30H45F4NO10. The zero-order valence-corrected chi connectivity index (χ0v) is 25.8. The molecule has 1 aromatic carbocycles. The van der Waals surface area contributed by atoms with E-state index in [0.29, 0.717) is 85.0 Å². The van der Waals surface area contributed by atoms with Gasteiger partial charge in [0.1, 0.15) is 0 Å². The van der Waals surface area contributed by atoms with Crippen molar-refractivity contribution in [2.75, 3.05) is 106 Å². The Labute approximate surface area is 261 Å². The highest BCUT2D eigenvalue weighted by Crippen LogP contribution is 2.26. The Bertz CT molecular complexity index is 956. The molecule has 1 aliphatic heterocycles.